The van der Waals surface area contributed by atoms with Gasteiger partial charge >= 0.3 is 0 Å². The lowest BCUT2D eigenvalue weighted by molar-refractivity contribution is 0.611. The quantitative estimate of drug-likeness (QED) is 0.528. The number of rotatable bonds is 1. The minimum atomic E-state index is -0.377. The van der Waals surface area contributed by atoms with Crippen LogP contribution in [0.15, 0.2) is 16.9 Å². The van der Waals surface area contributed by atoms with Gasteiger partial charge in [-0.25, -0.2) is 9.37 Å². The van der Waals surface area contributed by atoms with Gasteiger partial charge in [-0.05, 0) is 27.6 Å². The van der Waals surface area contributed by atoms with Crippen molar-refractivity contribution in [2.45, 2.75) is 5.88 Å². The lowest BCUT2D eigenvalue weighted by Crippen LogP contribution is -1.86. The molecule has 0 bridgehead atoms. The zero-order valence-corrected chi connectivity index (χ0v) is 7.28. The van der Waals surface area contributed by atoms with Gasteiger partial charge in [0.25, 0.3) is 0 Å². The SMILES string of the molecule is Fc1cc(CCl)cnc1Br. The van der Waals surface area contributed by atoms with Gasteiger partial charge in [-0.2, -0.15) is 0 Å². The topological polar surface area (TPSA) is 12.9 Å². The summed E-state index contributed by atoms with van der Waals surface area (Å²) in [6.45, 7) is 0. The molecule has 1 rings (SSSR count). The lowest BCUT2D eigenvalue weighted by Gasteiger charge is -1.95. The Bertz CT molecular complexity index is 241. The highest BCUT2D eigenvalue weighted by atomic mass is 79.9. The third-order valence-corrected chi connectivity index (χ3v) is 1.90. The van der Waals surface area contributed by atoms with Crippen molar-refractivity contribution in [2.75, 3.05) is 0 Å². The molecule has 0 N–H and O–H groups in total. The molecule has 0 atom stereocenters. The Labute approximate surface area is 71.4 Å². The summed E-state index contributed by atoms with van der Waals surface area (Å²) < 4.78 is 12.8. The monoisotopic (exact) mass is 223 g/mol. The van der Waals surface area contributed by atoms with Crippen molar-refractivity contribution in [2.24, 2.45) is 0 Å². The van der Waals surface area contributed by atoms with Gasteiger partial charge in [0.05, 0.1) is 0 Å². The van der Waals surface area contributed by atoms with Crippen molar-refractivity contribution in [3.05, 3.63) is 28.2 Å². The zero-order valence-electron chi connectivity index (χ0n) is 4.94. The number of halogens is 3. The Kier molecular flexibility index (Phi) is 2.63. The standard InChI is InChI=1S/C6H4BrClFN/c7-6-5(9)1-4(2-8)3-10-6/h1,3H,2H2. The Balaban J connectivity index is 3.04. The van der Waals surface area contributed by atoms with Crippen LogP contribution in [0.3, 0.4) is 0 Å². The van der Waals surface area contributed by atoms with Gasteiger partial charge in [-0.1, -0.05) is 0 Å². The van der Waals surface area contributed by atoms with Crippen LogP contribution in [-0.2, 0) is 5.88 Å². The average Bonchev–Trinajstić information content (AvgIpc) is 1.95. The Morgan fingerprint density at radius 1 is 1.70 bits per heavy atom. The molecule has 54 valence electrons. The van der Waals surface area contributed by atoms with Gasteiger partial charge in [0.2, 0.25) is 0 Å². The summed E-state index contributed by atoms with van der Waals surface area (Å²) in [5.74, 6) is -0.0878. The Morgan fingerprint density at radius 3 is 2.90 bits per heavy atom. The molecule has 0 radical (unpaired) electrons. The number of hydrogen-bond acceptors (Lipinski definition) is 1. The summed E-state index contributed by atoms with van der Waals surface area (Å²) in [6, 6.07) is 1.35. The van der Waals surface area contributed by atoms with Crippen LogP contribution in [0.4, 0.5) is 4.39 Å². The minimum absolute atomic E-state index is 0.223. The van der Waals surface area contributed by atoms with Gasteiger partial charge < -0.3 is 0 Å². The van der Waals surface area contributed by atoms with E-state index in [1.54, 1.807) is 0 Å². The fourth-order valence-electron chi connectivity index (χ4n) is 0.534. The summed E-state index contributed by atoms with van der Waals surface area (Å²) in [5, 5.41) is 0. The molecule has 1 aromatic rings. The first-order chi connectivity index (χ1) is 4.74. The fraction of sp³-hybridized carbons (Fsp3) is 0.167. The highest BCUT2D eigenvalue weighted by Crippen LogP contribution is 2.13. The maximum atomic E-state index is 12.6. The van der Waals surface area contributed by atoms with E-state index in [2.05, 4.69) is 20.9 Å². The molecular formula is C6H4BrClFN. The van der Waals surface area contributed by atoms with Crippen molar-refractivity contribution in [1.82, 2.24) is 4.98 Å². The van der Waals surface area contributed by atoms with E-state index in [1.165, 1.54) is 12.3 Å². The summed E-state index contributed by atoms with van der Waals surface area (Å²) in [6.07, 6.45) is 1.53. The number of nitrogens with zero attached hydrogens (tertiary/aromatic N) is 1. The molecule has 0 unspecified atom stereocenters. The molecule has 1 aromatic heterocycles. The average molecular weight is 224 g/mol. The van der Waals surface area contributed by atoms with Crippen LogP contribution in [0.1, 0.15) is 5.56 Å². The van der Waals surface area contributed by atoms with Gasteiger partial charge in [0.15, 0.2) is 5.82 Å². The lowest BCUT2D eigenvalue weighted by atomic mass is 10.3. The van der Waals surface area contributed by atoms with E-state index in [4.69, 9.17) is 11.6 Å². The molecule has 0 aliphatic rings. The van der Waals surface area contributed by atoms with E-state index < -0.39 is 0 Å². The summed E-state index contributed by atoms with van der Waals surface area (Å²) >= 11 is 8.36. The molecule has 0 fully saturated rings. The highest BCUT2D eigenvalue weighted by molar-refractivity contribution is 9.10. The molecule has 0 aliphatic carbocycles. The predicted molar refractivity (Wildman–Crippen MR) is 41.5 cm³/mol. The van der Waals surface area contributed by atoms with Crippen molar-refractivity contribution in [3.8, 4) is 0 Å². The molecule has 10 heavy (non-hydrogen) atoms. The van der Waals surface area contributed by atoms with E-state index in [-0.39, 0.29) is 16.3 Å². The number of alkyl halides is 1. The van der Waals surface area contributed by atoms with Gasteiger partial charge in [-0.3, -0.25) is 0 Å². The third-order valence-electron chi connectivity index (χ3n) is 1.01. The molecule has 0 saturated heterocycles. The van der Waals surface area contributed by atoms with Gasteiger partial charge in [-0.15, -0.1) is 11.6 Å². The maximum absolute atomic E-state index is 12.6. The molecule has 1 heterocycles. The minimum Gasteiger partial charge on any atom is -0.246 e. The van der Waals surface area contributed by atoms with E-state index in [1.807, 2.05) is 0 Å². The third kappa shape index (κ3) is 1.67. The van der Waals surface area contributed by atoms with Crippen LogP contribution in [0.5, 0.6) is 0 Å². The van der Waals surface area contributed by atoms with Crippen LogP contribution in [0, 0.1) is 5.82 Å². The molecule has 0 amide bonds. The second-order valence-corrected chi connectivity index (χ2v) is 2.77. The fourth-order valence-corrected chi connectivity index (χ4v) is 0.897. The van der Waals surface area contributed by atoms with Gasteiger partial charge in [0, 0.05) is 12.1 Å². The first-order valence-electron chi connectivity index (χ1n) is 2.60. The van der Waals surface area contributed by atoms with Crippen LogP contribution < -0.4 is 0 Å². The van der Waals surface area contributed by atoms with Crippen molar-refractivity contribution >= 4 is 27.5 Å². The van der Waals surface area contributed by atoms with Crippen LogP contribution in [-0.4, -0.2) is 4.98 Å². The van der Waals surface area contributed by atoms with Crippen LogP contribution >= 0.6 is 27.5 Å². The van der Waals surface area contributed by atoms with E-state index >= 15 is 0 Å². The van der Waals surface area contributed by atoms with Crippen molar-refractivity contribution in [3.63, 3.8) is 0 Å². The molecule has 0 saturated carbocycles. The second-order valence-electron chi connectivity index (χ2n) is 1.75. The molecule has 0 spiro atoms. The Hall–Kier alpha value is -0.150. The summed E-state index contributed by atoms with van der Waals surface area (Å²) in [5.41, 5.74) is 0.683. The molecular weight excluding hydrogens is 220 g/mol. The molecule has 1 nitrogen and oxygen atoms in total. The van der Waals surface area contributed by atoms with Crippen molar-refractivity contribution < 1.29 is 4.39 Å². The number of hydrogen-bond donors (Lipinski definition) is 0. The summed E-state index contributed by atoms with van der Waals surface area (Å²) in [7, 11) is 0. The molecule has 0 aliphatic heterocycles. The molecule has 4 heteroatoms. The predicted octanol–water partition coefficient (Wildman–Crippen LogP) is 2.72. The van der Waals surface area contributed by atoms with Crippen LogP contribution in [0.2, 0.25) is 0 Å². The largest absolute Gasteiger partial charge is 0.246 e. The molecule has 0 aromatic carbocycles. The highest BCUT2D eigenvalue weighted by Gasteiger charge is 1.99. The van der Waals surface area contributed by atoms with E-state index in [0.717, 1.165) is 0 Å². The smallest absolute Gasteiger partial charge is 0.156 e. The Morgan fingerprint density at radius 2 is 2.40 bits per heavy atom. The second kappa shape index (κ2) is 3.30. The number of aromatic nitrogens is 1. The zero-order chi connectivity index (χ0) is 7.56. The van der Waals surface area contributed by atoms with E-state index in [9.17, 15) is 4.39 Å². The van der Waals surface area contributed by atoms with Crippen molar-refractivity contribution in [1.29, 1.82) is 0 Å². The first-order valence-corrected chi connectivity index (χ1v) is 3.92. The van der Waals surface area contributed by atoms with Crippen LogP contribution in [0.25, 0.3) is 0 Å². The summed E-state index contributed by atoms with van der Waals surface area (Å²) in [4.78, 5) is 3.71. The maximum Gasteiger partial charge on any atom is 0.156 e. The first kappa shape index (κ1) is 7.95. The number of pyridine rings is 1. The van der Waals surface area contributed by atoms with E-state index in [0.29, 0.717) is 5.56 Å². The van der Waals surface area contributed by atoms with Gasteiger partial charge in [0.1, 0.15) is 4.60 Å². The normalized spacial score (nSPS) is 9.90.